The minimum atomic E-state index is -0.304. The standard InChI is InChI=1S/C17H26ClFN4/c1-20-17(22-9-12-23-10-3-2-4-11-23)21-8-7-14-5-6-15(19)13-16(14)18/h5-6,13H,2-4,7-12H2,1H3,(H2,20,21,22). The van der Waals surface area contributed by atoms with Gasteiger partial charge in [-0.05, 0) is 50.0 Å². The molecular formula is C17H26ClFN4. The van der Waals surface area contributed by atoms with Crippen LogP contribution in [0.1, 0.15) is 24.8 Å². The van der Waals surface area contributed by atoms with Gasteiger partial charge in [0, 0.05) is 31.7 Å². The molecule has 6 heteroatoms. The molecule has 4 nitrogen and oxygen atoms in total. The molecule has 0 unspecified atom stereocenters. The summed E-state index contributed by atoms with van der Waals surface area (Å²) in [6.07, 6.45) is 4.71. The molecule has 0 aromatic heterocycles. The molecular weight excluding hydrogens is 315 g/mol. The van der Waals surface area contributed by atoms with E-state index in [1.807, 2.05) is 0 Å². The van der Waals surface area contributed by atoms with Crippen LogP contribution in [0, 0.1) is 5.82 Å². The summed E-state index contributed by atoms with van der Waals surface area (Å²) >= 11 is 6.03. The van der Waals surface area contributed by atoms with Crippen LogP contribution in [0.3, 0.4) is 0 Å². The maximum atomic E-state index is 13.0. The molecule has 0 bridgehead atoms. The van der Waals surface area contributed by atoms with Crippen LogP contribution in [0.5, 0.6) is 0 Å². The second-order valence-electron chi connectivity index (χ2n) is 5.81. The number of hydrogen-bond acceptors (Lipinski definition) is 2. The van der Waals surface area contributed by atoms with Gasteiger partial charge in [-0.3, -0.25) is 4.99 Å². The van der Waals surface area contributed by atoms with Crippen molar-refractivity contribution in [1.29, 1.82) is 0 Å². The van der Waals surface area contributed by atoms with Crippen LogP contribution in [0.4, 0.5) is 4.39 Å². The van der Waals surface area contributed by atoms with Crippen molar-refractivity contribution in [2.45, 2.75) is 25.7 Å². The molecule has 1 aromatic rings. The van der Waals surface area contributed by atoms with Gasteiger partial charge >= 0.3 is 0 Å². The van der Waals surface area contributed by atoms with Crippen LogP contribution in [-0.4, -0.2) is 50.6 Å². The SMILES string of the molecule is CN=C(NCCc1ccc(F)cc1Cl)NCCN1CCCCC1. The summed E-state index contributed by atoms with van der Waals surface area (Å²) in [5.74, 6) is 0.488. The lowest BCUT2D eigenvalue weighted by Gasteiger charge is -2.26. The van der Waals surface area contributed by atoms with Crippen LogP contribution in [-0.2, 0) is 6.42 Å². The lowest BCUT2D eigenvalue weighted by Crippen LogP contribution is -2.43. The summed E-state index contributed by atoms with van der Waals surface area (Å²) in [7, 11) is 1.76. The molecule has 0 saturated carbocycles. The van der Waals surface area contributed by atoms with E-state index in [1.54, 1.807) is 13.1 Å². The third kappa shape index (κ3) is 6.36. The van der Waals surface area contributed by atoms with Crippen molar-refractivity contribution >= 4 is 17.6 Å². The third-order valence-corrected chi connectivity index (χ3v) is 4.45. The molecule has 1 fully saturated rings. The molecule has 23 heavy (non-hydrogen) atoms. The molecule has 2 rings (SSSR count). The second-order valence-corrected chi connectivity index (χ2v) is 6.22. The van der Waals surface area contributed by atoms with Crippen molar-refractivity contribution < 1.29 is 4.39 Å². The highest BCUT2D eigenvalue weighted by Gasteiger charge is 2.09. The average Bonchev–Trinajstić information content (AvgIpc) is 2.56. The van der Waals surface area contributed by atoms with Gasteiger partial charge < -0.3 is 15.5 Å². The highest BCUT2D eigenvalue weighted by molar-refractivity contribution is 6.31. The monoisotopic (exact) mass is 340 g/mol. The first-order chi connectivity index (χ1) is 11.2. The lowest BCUT2D eigenvalue weighted by atomic mass is 10.1. The van der Waals surface area contributed by atoms with Crippen LogP contribution >= 0.6 is 11.6 Å². The topological polar surface area (TPSA) is 39.7 Å². The zero-order valence-electron chi connectivity index (χ0n) is 13.7. The van der Waals surface area contributed by atoms with Crippen LogP contribution in [0.25, 0.3) is 0 Å². The molecule has 1 aliphatic heterocycles. The Morgan fingerprint density at radius 3 is 2.65 bits per heavy atom. The van der Waals surface area contributed by atoms with Gasteiger partial charge in [-0.15, -0.1) is 0 Å². The summed E-state index contributed by atoms with van der Waals surface area (Å²) < 4.78 is 13.0. The van der Waals surface area contributed by atoms with E-state index < -0.39 is 0 Å². The Morgan fingerprint density at radius 2 is 1.96 bits per heavy atom. The number of benzene rings is 1. The zero-order chi connectivity index (χ0) is 16.5. The summed E-state index contributed by atoms with van der Waals surface area (Å²) in [6, 6.07) is 4.52. The predicted molar refractivity (Wildman–Crippen MR) is 94.8 cm³/mol. The Kier molecular flexibility index (Phi) is 7.62. The molecule has 1 saturated heterocycles. The van der Waals surface area contributed by atoms with E-state index in [9.17, 15) is 4.39 Å². The summed E-state index contributed by atoms with van der Waals surface area (Å²) in [5.41, 5.74) is 0.935. The van der Waals surface area contributed by atoms with E-state index >= 15 is 0 Å². The van der Waals surface area contributed by atoms with Crippen molar-refractivity contribution in [3.05, 3.63) is 34.6 Å². The molecule has 0 atom stereocenters. The van der Waals surface area contributed by atoms with Crippen LogP contribution < -0.4 is 10.6 Å². The van der Waals surface area contributed by atoms with E-state index in [1.165, 1.54) is 44.5 Å². The number of aliphatic imine (C=N–C) groups is 1. The first kappa shape index (κ1) is 18.0. The number of piperidine rings is 1. The smallest absolute Gasteiger partial charge is 0.191 e. The molecule has 1 heterocycles. The number of guanidine groups is 1. The molecule has 2 N–H and O–H groups in total. The largest absolute Gasteiger partial charge is 0.356 e. The van der Waals surface area contributed by atoms with E-state index in [0.29, 0.717) is 11.6 Å². The van der Waals surface area contributed by atoms with Gasteiger partial charge in [-0.1, -0.05) is 24.1 Å². The van der Waals surface area contributed by atoms with Crippen LogP contribution in [0.2, 0.25) is 5.02 Å². The maximum Gasteiger partial charge on any atom is 0.191 e. The molecule has 0 spiro atoms. The fourth-order valence-corrected chi connectivity index (χ4v) is 3.04. The minimum Gasteiger partial charge on any atom is -0.356 e. The lowest BCUT2D eigenvalue weighted by molar-refractivity contribution is 0.232. The van der Waals surface area contributed by atoms with Gasteiger partial charge in [-0.2, -0.15) is 0 Å². The number of rotatable bonds is 6. The Balaban J connectivity index is 1.66. The van der Waals surface area contributed by atoms with Gasteiger partial charge in [0.1, 0.15) is 5.82 Å². The second kappa shape index (κ2) is 9.73. The molecule has 0 radical (unpaired) electrons. The van der Waals surface area contributed by atoms with Crippen molar-refractivity contribution in [3.8, 4) is 0 Å². The van der Waals surface area contributed by atoms with Crippen molar-refractivity contribution in [2.75, 3.05) is 39.8 Å². The normalized spacial score (nSPS) is 16.4. The molecule has 0 aliphatic carbocycles. The van der Waals surface area contributed by atoms with Gasteiger partial charge in [0.05, 0.1) is 0 Å². The highest BCUT2D eigenvalue weighted by atomic mass is 35.5. The number of nitrogens with zero attached hydrogens (tertiary/aromatic N) is 2. The fraction of sp³-hybridized carbons (Fsp3) is 0.588. The highest BCUT2D eigenvalue weighted by Crippen LogP contribution is 2.17. The van der Waals surface area contributed by atoms with Gasteiger partial charge in [0.2, 0.25) is 0 Å². The average molecular weight is 341 g/mol. The number of halogens is 2. The van der Waals surface area contributed by atoms with Gasteiger partial charge in [0.15, 0.2) is 5.96 Å². The Morgan fingerprint density at radius 1 is 1.22 bits per heavy atom. The van der Waals surface area contributed by atoms with Crippen LogP contribution in [0.15, 0.2) is 23.2 Å². The van der Waals surface area contributed by atoms with Gasteiger partial charge in [0.25, 0.3) is 0 Å². The third-order valence-electron chi connectivity index (χ3n) is 4.09. The number of nitrogens with one attached hydrogen (secondary N) is 2. The van der Waals surface area contributed by atoms with E-state index in [0.717, 1.165) is 31.0 Å². The number of likely N-dealkylation sites (tertiary alicyclic amines) is 1. The van der Waals surface area contributed by atoms with Gasteiger partial charge in [-0.25, -0.2) is 4.39 Å². The summed E-state index contributed by atoms with van der Waals surface area (Å²) in [6.45, 7) is 5.05. The number of hydrogen-bond donors (Lipinski definition) is 2. The van der Waals surface area contributed by atoms with Crippen molar-refractivity contribution in [2.24, 2.45) is 4.99 Å². The Bertz CT molecular complexity index is 515. The fourth-order valence-electron chi connectivity index (χ4n) is 2.78. The predicted octanol–water partition coefficient (Wildman–Crippen LogP) is 2.67. The van der Waals surface area contributed by atoms with E-state index in [-0.39, 0.29) is 5.82 Å². The van der Waals surface area contributed by atoms with Crippen molar-refractivity contribution in [3.63, 3.8) is 0 Å². The first-order valence-corrected chi connectivity index (χ1v) is 8.67. The quantitative estimate of drug-likeness (QED) is 0.618. The summed E-state index contributed by atoms with van der Waals surface area (Å²) in [4.78, 5) is 6.71. The minimum absolute atomic E-state index is 0.304. The van der Waals surface area contributed by atoms with E-state index in [4.69, 9.17) is 11.6 Å². The molecule has 1 aliphatic rings. The van der Waals surface area contributed by atoms with Crippen molar-refractivity contribution in [1.82, 2.24) is 15.5 Å². The molecule has 128 valence electrons. The maximum absolute atomic E-state index is 13.0. The molecule has 0 amide bonds. The summed E-state index contributed by atoms with van der Waals surface area (Å²) in [5, 5.41) is 7.07. The van der Waals surface area contributed by atoms with E-state index in [2.05, 4.69) is 20.5 Å². The zero-order valence-corrected chi connectivity index (χ0v) is 14.5. The first-order valence-electron chi connectivity index (χ1n) is 8.30. The Hall–Kier alpha value is -1.33. The molecule has 1 aromatic carbocycles. The Labute approximate surface area is 143 Å².